The summed E-state index contributed by atoms with van der Waals surface area (Å²) in [6.45, 7) is 7.56. The molecule has 1 aliphatic rings. The van der Waals surface area contributed by atoms with Gasteiger partial charge in [-0.1, -0.05) is 0 Å². The Balaban J connectivity index is 1.55. The van der Waals surface area contributed by atoms with Crippen LogP contribution in [0.15, 0.2) is 43.0 Å². The molecule has 0 atom stereocenters. The predicted molar refractivity (Wildman–Crippen MR) is 125 cm³/mol. The molecule has 1 aliphatic heterocycles. The van der Waals surface area contributed by atoms with Gasteiger partial charge in [0.2, 0.25) is 5.91 Å². The van der Waals surface area contributed by atoms with Crippen molar-refractivity contribution in [1.82, 2.24) is 19.9 Å². The van der Waals surface area contributed by atoms with Gasteiger partial charge in [-0.2, -0.15) is 0 Å². The van der Waals surface area contributed by atoms with Crippen LogP contribution in [-0.2, 0) is 11.2 Å². The number of pyridine rings is 1. The number of carbonyl (C=O) groups is 1. The van der Waals surface area contributed by atoms with Gasteiger partial charge in [0.25, 0.3) is 0 Å². The summed E-state index contributed by atoms with van der Waals surface area (Å²) in [6.07, 6.45) is 6.65. The van der Waals surface area contributed by atoms with Crippen molar-refractivity contribution in [3.63, 3.8) is 0 Å². The Labute approximate surface area is 193 Å². The highest BCUT2D eigenvalue weighted by atomic mass is 19.1. The molecule has 0 bridgehead atoms. The molecule has 1 saturated heterocycles. The van der Waals surface area contributed by atoms with E-state index in [0.29, 0.717) is 17.9 Å². The number of hydrogen-bond acceptors (Lipinski definition) is 6. The number of nitrogens with zero attached hydrogens (tertiary/aromatic N) is 4. The zero-order valence-corrected chi connectivity index (χ0v) is 19.0. The number of benzene rings is 1. The van der Waals surface area contributed by atoms with Crippen LogP contribution in [0.2, 0.25) is 0 Å². The van der Waals surface area contributed by atoms with E-state index in [0.717, 1.165) is 54.1 Å². The maximum Gasteiger partial charge on any atom is 0.228 e. The molecule has 0 radical (unpaired) electrons. The largest absolute Gasteiger partial charge is 0.492 e. The van der Waals surface area contributed by atoms with Crippen LogP contribution in [0.3, 0.4) is 0 Å². The monoisotopic (exact) mass is 449 g/mol. The van der Waals surface area contributed by atoms with Gasteiger partial charge < -0.3 is 10.1 Å². The Hall–Kier alpha value is -3.39. The van der Waals surface area contributed by atoms with Crippen LogP contribution in [0.5, 0.6) is 5.75 Å². The molecular formula is C25H28FN5O2. The van der Waals surface area contributed by atoms with Crippen molar-refractivity contribution >= 4 is 11.6 Å². The quantitative estimate of drug-likeness (QED) is 0.561. The fraction of sp³-hybridized carbons (Fsp3) is 0.360. The van der Waals surface area contributed by atoms with Crippen molar-refractivity contribution in [2.75, 3.05) is 31.6 Å². The third-order valence-electron chi connectivity index (χ3n) is 5.75. The summed E-state index contributed by atoms with van der Waals surface area (Å²) in [6, 6.07) is 6.87. The molecule has 1 aromatic carbocycles. The molecule has 1 fully saturated rings. The molecule has 3 aromatic rings. The van der Waals surface area contributed by atoms with Crippen molar-refractivity contribution in [3.8, 4) is 16.9 Å². The lowest BCUT2D eigenvalue weighted by molar-refractivity contribution is -0.115. The van der Waals surface area contributed by atoms with Crippen LogP contribution >= 0.6 is 0 Å². The van der Waals surface area contributed by atoms with E-state index in [9.17, 15) is 9.18 Å². The number of carbonyl (C=O) groups excluding carboxylic acids is 1. The number of aryl methyl sites for hydroxylation is 2. The van der Waals surface area contributed by atoms with Gasteiger partial charge in [0.1, 0.15) is 24.5 Å². The summed E-state index contributed by atoms with van der Waals surface area (Å²) in [7, 11) is 0. The fourth-order valence-corrected chi connectivity index (χ4v) is 4.15. The Morgan fingerprint density at radius 1 is 1.12 bits per heavy atom. The van der Waals surface area contributed by atoms with Crippen molar-refractivity contribution < 1.29 is 13.9 Å². The summed E-state index contributed by atoms with van der Waals surface area (Å²) in [5.74, 6) is 0.00406. The van der Waals surface area contributed by atoms with Crippen molar-refractivity contribution in [2.45, 2.75) is 33.1 Å². The Morgan fingerprint density at radius 2 is 1.88 bits per heavy atom. The molecule has 172 valence electrons. The summed E-state index contributed by atoms with van der Waals surface area (Å²) in [4.78, 5) is 27.5. The number of rotatable bonds is 8. The highest BCUT2D eigenvalue weighted by molar-refractivity contribution is 5.93. The number of amides is 1. The first kappa shape index (κ1) is 22.8. The van der Waals surface area contributed by atoms with Gasteiger partial charge in [0, 0.05) is 40.9 Å². The maximum absolute atomic E-state index is 13.4. The second kappa shape index (κ2) is 10.5. The van der Waals surface area contributed by atoms with Crippen LogP contribution < -0.4 is 10.1 Å². The SMILES string of the molecule is Cc1ncnc(C)c1-c1cc(NC(=O)Cc2cncc(F)c2)ccc1OCCN1CCCC1. The van der Waals surface area contributed by atoms with E-state index >= 15 is 0 Å². The van der Waals surface area contributed by atoms with Crippen LogP contribution in [0.1, 0.15) is 29.8 Å². The molecule has 0 unspecified atom stereocenters. The van der Waals surface area contributed by atoms with E-state index in [-0.39, 0.29) is 12.3 Å². The Kier molecular flexibility index (Phi) is 7.24. The lowest BCUT2D eigenvalue weighted by Crippen LogP contribution is -2.25. The van der Waals surface area contributed by atoms with E-state index in [1.165, 1.54) is 25.1 Å². The number of aromatic nitrogens is 3. The average Bonchev–Trinajstić information content (AvgIpc) is 3.28. The van der Waals surface area contributed by atoms with Gasteiger partial charge in [-0.15, -0.1) is 0 Å². The molecule has 0 aliphatic carbocycles. The minimum Gasteiger partial charge on any atom is -0.492 e. The third kappa shape index (κ3) is 5.90. The molecule has 7 nitrogen and oxygen atoms in total. The van der Waals surface area contributed by atoms with E-state index in [1.807, 2.05) is 32.0 Å². The van der Waals surface area contributed by atoms with Gasteiger partial charge >= 0.3 is 0 Å². The highest BCUT2D eigenvalue weighted by Crippen LogP contribution is 2.35. The standard InChI is InChI=1S/C25H28FN5O2/c1-17-25(18(2)29-16-28-17)22-13-21(30-24(32)12-19-11-20(26)15-27-14-19)5-6-23(22)33-10-9-31-7-3-4-8-31/h5-6,11,13-16H,3-4,7-10,12H2,1-2H3,(H,30,32). The average molecular weight is 450 g/mol. The molecule has 1 amide bonds. The van der Waals surface area contributed by atoms with Crippen LogP contribution in [0, 0.1) is 19.7 Å². The van der Waals surface area contributed by atoms with Crippen molar-refractivity contribution in [2.24, 2.45) is 0 Å². The van der Waals surface area contributed by atoms with Gasteiger partial charge in [0.15, 0.2) is 0 Å². The van der Waals surface area contributed by atoms with Gasteiger partial charge in [-0.05, 0) is 69.6 Å². The molecule has 0 spiro atoms. The molecular weight excluding hydrogens is 421 g/mol. The molecule has 3 heterocycles. The number of halogens is 1. The van der Waals surface area contributed by atoms with Gasteiger partial charge in [-0.3, -0.25) is 14.7 Å². The summed E-state index contributed by atoms with van der Waals surface area (Å²) < 4.78 is 19.6. The molecule has 0 saturated carbocycles. The van der Waals surface area contributed by atoms with E-state index in [4.69, 9.17) is 4.74 Å². The molecule has 1 N–H and O–H groups in total. The highest BCUT2D eigenvalue weighted by Gasteiger charge is 2.17. The number of likely N-dealkylation sites (tertiary alicyclic amines) is 1. The first-order valence-corrected chi connectivity index (χ1v) is 11.2. The van der Waals surface area contributed by atoms with E-state index < -0.39 is 5.82 Å². The molecule has 33 heavy (non-hydrogen) atoms. The van der Waals surface area contributed by atoms with Crippen LogP contribution in [-0.4, -0.2) is 52.0 Å². The van der Waals surface area contributed by atoms with Crippen LogP contribution in [0.25, 0.3) is 11.1 Å². The number of nitrogens with one attached hydrogen (secondary N) is 1. The summed E-state index contributed by atoms with van der Waals surface area (Å²) >= 11 is 0. The first-order chi connectivity index (χ1) is 16.0. The first-order valence-electron chi connectivity index (χ1n) is 11.2. The Bertz CT molecular complexity index is 1110. The second-order valence-electron chi connectivity index (χ2n) is 8.26. The fourth-order valence-electron chi connectivity index (χ4n) is 4.15. The third-order valence-corrected chi connectivity index (χ3v) is 5.75. The number of ether oxygens (including phenoxy) is 1. The van der Waals surface area contributed by atoms with E-state index in [2.05, 4.69) is 25.2 Å². The van der Waals surface area contributed by atoms with E-state index in [1.54, 1.807) is 6.33 Å². The summed E-state index contributed by atoms with van der Waals surface area (Å²) in [5.41, 5.74) is 4.52. The lowest BCUT2D eigenvalue weighted by atomic mass is 10.0. The molecule has 2 aromatic heterocycles. The zero-order valence-electron chi connectivity index (χ0n) is 19.0. The second-order valence-corrected chi connectivity index (χ2v) is 8.26. The normalized spacial score (nSPS) is 13.8. The van der Waals surface area contributed by atoms with Gasteiger partial charge in [-0.25, -0.2) is 14.4 Å². The minimum atomic E-state index is -0.465. The Morgan fingerprint density at radius 3 is 2.61 bits per heavy atom. The zero-order chi connectivity index (χ0) is 23.2. The van der Waals surface area contributed by atoms with Crippen LogP contribution in [0.4, 0.5) is 10.1 Å². The maximum atomic E-state index is 13.4. The van der Waals surface area contributed by atoms with Crippen molar-refractivity contribution in [3.05, 3.63) is 65.8 Å². The van der Waals surface area contributed by atoms with Gasteiger partial charge in [0.05, 0.1) is 12.6 Å². The topological polar surface area (TPSA) is 80.2 Å². The lowest BCUT2D eigenvalue weighted by Gasteiger charge is -2.18. The molecule has 8 heteroatoms. The smallest absolute Gasteiger partial charge is 0.228 e. The predicted octanol–water partition coefficient (Wildman–Crippen LogP) is 3.95. The summed E-state index contributed by atoms with van der Waals surface area (Å²) in [5, 5.41) is 2.89. The number of hydrogen-bond donors (Lipinski definition) is 1. The molecule has 4 rings (SSSR count). The number of anilines is 1. The van der Waals surface area contributed by atoms with Crippen molar-refractivity contribution in [1.29, 1.82) is 0 Å². The minimum absolute atomic E-state index is 0.0285.